The van der Waals surface area contributed by atoms with Crippen LogP contribution in [0.4, 0.5) is 5.95 Å². The Balaban J connectivity index is 0.00000133. The van der Waals surface area contributed by atoms with Crippen molar-refractivity contribution < 1.29 is 0 Å². The molecular formula is C13H12BrClN4. The van der Waals surface area contributed by atoms with Gasteiger partial charge in [-0.15, -0.1) is 12.4 Å². The zero-order chi connectivity index (χ0) is 12.5. The van der Waals surface area contributed by atoms with Crippen LogP contribution in [0.2, 0.25) is 0 Å². The molecule has 0 saturated heterocycles. The number of rotatable bonds is 2. The highest BCUT2D eigenvalue weighted by atomic mass is 79.9. The van der Waals surface area contributed by atoms with Gasteiger partial charge in [-0.05, 0) is 24.3 Å². The molecule has 3 rings (SSSR count). The van der Waals surface area contributed by atoms with E-state index in [0.717, 1.165) is 26.6 Å². The maximum atomic E-state index is 4.46. The zero-order valence-electron chi connectivity index (χ0n) is 10.1. The summed E-state index contributed by atoms with van der Waals surface area (Å²) in [6.07, 6.45) is 3.73. The van der Waals surface area contributed by atoms with Crippen LogP contribution in [0.1, 0.15) is 0 Å². The first-order chi connectivity index (χ1) is 8.78. The maximum Gasteiger partial charge on any atom is 0.222 e. The number of nitrogens with zero attached hydrogens (tertiary/aromatic N) is 2. The number of fused-ring (bicyclic) bond motifs is 1. The van der Waals surface area contributed by atoms with E-state index in [4.69, 9.17) is 0 Å². The van der Waals surface area contributed by atoms with E-state index < -0.39 is 0 Å². The van der Waals surface area contributed by atoms with Crippen molar-refractivity contribution in [2.75, 3.05) is 12.4 Å². The summed E-state index contributed by atoms with van der Waals surface area (Å²) in [5.41, 5.74) is 3.07. The highest BCUT2D eigenvalue weighted by molar-refractivity contribution is 9.10. The predicted octanol–water partition coefficient (Wildman–Crippen LogP) is 3.85. The third-order valence-corrected chi connectivity index (χ3v) is 3.29. The molecule has 0 radical (unpaired) electrons. The fourth-order valence-corrected chi connectivity index (χ4v) is 2.30. The Morgan fingerprint density at radius 3 is 2.89 bits per heavy atom. The van der Waals surface area contributed by atoms with Gasteiger partial charge in [0.1, 0.15) is 0 Å². The molecule has 0 unspecified atom stereocenters. The van der Waals surface area contributed by atoms with Crippen molar-refractivity contribution in [3.63, 3.8) is 0 Å². The number of aromatic nitrogens is 3. The van der Waals surface area contributed by atoms with Gasteiger partial charge < -0.3 is 10.3 Å². The first-order valence-electron chi connectivity index (χ1n) is 5.56. The van der Waals surface area contributed by atoms with Crippen LogP contribution in [0.15, 0.2) is 41.1 Å². The second-order valence-corrected chi connectivity index (χ2v) is 4.82. The average molecular weight is 340 g/mol. The molecule has 0 amide bonds. The third-order valence-electron chi connectivity index (χ3n) is 2.80. The van der Waals surface area contributed by atoms with Crippen LogP contribution < -0.4 is 5.32 Å². The molecule has 0 saturated carbocycles. The number of nitrogens with one attached hydrogen (secondary N) is 2. The fourth-order valence-electron chi connectivity index (χ4n) is 1.93. The van der Waals surface area contributed by atoms with Gasteiger partial charge in [0.25, 0.3) is 0 Å². The molecule has 0 spiro atoms. The van der Waals surface area contributed by atoms with Crippen LogP contribution in [0.5, 0.6) is 0 Å². The summed E-state index contributed by atoms with van der Waals surface area (Å²) in [5, 5.41) is 4.09. The Bertz CT molecular complexity index is 711. The van der Waals surface area contributed by atoms with Gasteiger partial charge in [-0.3, -0.25) is 0 Å². The minimum Gasteiger partial charge on any atom is -0.360 e. The Kier molecular flexibility index (Phi) is 4.07. The molecule has 1 aromatic carbocycles. The molecule has 2 N–H and O–H groups in total. The molecule has 0 atom stereocenters. The van der Waals surface area contributed by atoms with Gasteiger partial charge in [0, 0.05) is 40.4 Å². The van der Waals surface area contributed by atoms with E-state index >= 15 is 0 Å². The molecule has 0 aliphatic rings. The van der Waals surface area contributed by atoms with Crippen LogP contribution in [-0.4, -0.2) is 22.0 Å². The van der Waals surface area contributed by atoms with Crippen molar-refractivity contribution in [2.24, 2.45) is 0 Å². The minimum atomic E-state index is 0. The van der Waals surface area contributed by atoms with Gasteiger partial charge in [0.2, 0.25) is 5.95 Å². The number of anilines is 1. The number of benzene rings is 1. The molecule has 0 aliphatic heterocycles. The number of hydrogen-bond donors (Lipinski definition) is 2. The quantitative estimate of drug-likeness (QED) is 0.745. The molecule has 2 heterocycles. The lowest BCUT2D eigenvalue weighted by Crippen LogP contribution is -1.96. The highest BCUT2D eigenvalue weighted by Gasteiger charge is 2.08. The van der Waals surface area contributed by atoms with E-state index in [-0.39, 0.29) is 12.4 Å². The van der Waals surface area contributed by atoms with Crippen LogP contribution in [0, 0.1) is 0 Å². The molecule has 98 valence electrons. The second kappa shape index (κ2) is 5.59. The highest BCUT2D eigenvalue weighted by Crippen LogP contribution is 2.29. The third kappa shape index (κ3) is 2.57. The smallest absolute Gasteiger partial charge is 0.222 e. The molecule has 6 heteroatoms. The summed E-state index contributed by atoms with van der Waals surface area (Å²) in [6.45, 7) is 0. The summed E-state index contributed by atoms with van der Waals surface area (Å²) in [4.78, 5) is 11.8. The van der Waals surface area contributed by atoms with Crippen LogP contribution in [0.3, 0.4) is 0 Å². The number of halogens is 2. The summed E-state index contributed by atoms with van der Waals surface area (Å²) in [7, 11) is 1.81. The van der Waals surface area contributed by atoms with Crippen molar-refractivity contribution in [3.05, 3.63) is 41.1 Å². The van der Waals surface area contributed by atoms with Gasteiger partial charge in [0.05, 0.1) is 5.69 Å². The fraction of sp³-hybridized carbons (Fsp3) is 0.0769. The summed E-state index contributed by atoms with van der Waals surface area (Å²) >= 11 is 3.49. The van der Waals surface area contributed by atoms with E-state index in [1.165, 1.54) is 0 Å². The van der Waals surface area contributed by atoms with Crippen molar-refractivity contribution >= 4 is 45.2 Å². The lowest BCUT2D eigenvalue weighted by molar-refractivity contribution is 1.16. The normalized spacial score (nSPS) is 10.2. The van der Waals surface area contributed by atoms with E-state index in [9.17, 15) is 0 Å². The number of H-pyrrole nitrogens is 1. The Morgan fingerprint density at radius 2 is 2.11 bits per heavy atom. The summed E-state index contributed by atoms with van der Waals surface area (Å²) in [5.74, 6) is 0.622. The molecule has 4 nitrogen and oxygen atoms in total. The standard InChI is InChI=1S/C13H11BrN4.ClH/c1-15-13-16-5-4-12(18-13)10-7-17-11-3-2-8(14)6-9(10)11;/h2-7,17H,1H3,(H,15,16,18);1H. The molecular weight excluding hydrogens is 328 g/mol. The summed E-state index contributed by atoms with van der Waals surface area (Å²) < 4.78 is 1.05. The van der Waals surface area contributed by atoms with Gasteiger partial charge >= 0.3 is 0 Å². The monoisotopic (exact) mass is 338 g/mol. The molecule has 0 aliphatic carbocycles. The largest absolute Gasteiger partial charge is 0.360 e. The van der Waals surface area contributed by atoms with E-state index in [2.05, 4.69) is 42.3 Å². The topological polar surface area (TPSA) is 53.6 Å². The van der Waals surface area contributed by atoms with Crippen molar-refractivity contribution in [2.45, 2.75) is 0 Å². The Labute approximate surface area is 125 Å². The van der Waals surface area contributed by atoms with Crippen molar-refractivity contribution in [1.82, 2.24) is 15.0 Å². The molecule has 0 bridgehead atoms. The van der Waals surface area contributed by atoms with E-state index in [1.54, 1.807) is 6.20 Å². The predicted molar refractivity (Wildman–Crippen MR) is 83.8 cm³/mol. The number of aromatic amines is 1. The van der Waals surface area contributed by atoms with Crippen molar-refractivity contribution in [1.29, 1.82) is 0 Å². The molecule has 2 aromatic heterocycles. The van der Waals surface area contributed by atoms with Gasteiger partial charge in [-0.2, -0.15) is 0 Å². The molecule has 3 aromatic rings. The molecule has 0 fully saturated rings. The average Bonchev–Trinajstić information content (AvgIpc) is 2.81. The lowest BCUT2D eigenvalue weighted by atomic mass is 10.1. The van der Waals surface area contributed by atoms with Gasteiger partial charge in [-0.1, -0.05) is 15.9 Å². The zero-order valence-corrected chi connectivity index (χ0v) is 12.5. The second-order valence-electron chi connectivity index (χ2n) is 3.91. The van der Waals surface area contributed by atoms with Gasteiger partial charge in [0.15, 0.2) is 0 Å². The maximum absolute atomic E-state index is 4.46. The van der Waals surface area contributed by atoms with Crippen LogP contribution in [-0.2, 0) is 0 Å². The lowest BCUT2D eigenvalue weighted by Gasteiger charge is -2.02. The Hall–Kier alpha value is -1.59. The van der Waals surface area contributed by atoms with Gasteiger partial charge in [-0.25, -0.2) is 9.97 Å². The first-order valence-corrected chi connectivity index (χ1v) is 6.35. The van der Waals surface area contributed by atoms with Crippen LogP contribution >= 0.6 is 28.3 Å². The summed E-state index contributed by atoms with van der Waals surface area (Å²) in [6, 6.07) is 8.05. The van der Waals surface area contributed by atoms with E-state index in [1.807, 2.05) is 31.4 Å². The Morgan fingerprint density at radius 1 is 1.26 bits per heavy atom. The van der Waals surface area contributed by atoms with Crippen LogP contribution in [0.25, 0.3) is 22.2 Å². The number of hydrogen-bond acceptors (Lipinski definition) is 3. The first kappa shape index (κ1) is 13.8. The minimum absolute atomic E-state index is 0. The SMILES string of the molecule is CNc1nccc(-c2c[nH]c3ccc(Br)cc23)n1.Cl. The van der Waals surface area contributed by atoms with E-state index in [0.29, 0.717) is 5.95 Å². The molecule has 19 heavy (non-hydrogen) atoms. The van der Waals surface area contributed by atoms with Crippen molar-refractivity contribution in [3.8, 4) is 11.3 Å².